The number of hydrogen-bond donors (Lipinski definition) is 1. The number of anilines is 1. The average molecular weight is 134 g/mol. The predicted molar refractivity (Wildman–Crippen MR) is 42.8 cm³/mol. The van der Waals surface area contributed by atoms with E-state index >= 15 is 0 Å². The standard InChI is InChI=1S/C8H10N2/c1-3-10-8-4-7(2)5-9-6-8/h3-6,10H,1H2,2H3. The maximum atomic E-state index is 3.99. The van der Waals surface area contributed by atoms with Gasteiger partial charge in [-0.25, -0.2) is 0 Å². The molecular weight excluding hydrogens is 124 g/mol. The number of rotatable bonds is 2. The van der Waals surface area contributed by atoms with E-state index in [2.05, 4.69) is 16.9 Å². The van der Waals surface area contributed by atoms with Gasteiger partial charge in [0.2, 0.25) is 0 Å². The summed E-state index contributed by atoms with van der Waals surface area (Å²) >= 11 is 0. The molecular formula is C8H10N2. The van der Waals surface area contributed by atoms with Crippen molar-refractivity contribution < 1.29 is 0 Å². The normalized spacial score (nSPS) is 8.90. The maximum absolute atomic E-state index is 3.99. The fourth-order valence-electron chi connectivity index (χ4n) is 0.752. The molecule has 0 fully saturated rings. The van der Waals surface area contributed by atoms with Gasteiger partial charge in [0, 0.05) is 6.20 Å². The Morgan fingerprint density at radius 3 is 3.00 bits per heavy atom. The number of nitrogens with zero attached hydrogens (tertiary/aromatic N) is 1. The first kappa shape index (κ1) is 6.81. The van der Waals surface area contributed by atoms with Crippen LogP contribution >= 0.6 is 0 Å². The molecule has 1 aromatic rings. The summed E-state index contributed by atoms with van der Waals surface area (Å²) in [4.78, 5) is 3.99. The lowest BCUT2D eigenvalue weighted by Gasteiger charge is -1.98. The van der Waals surface area contributed by atoms with Crippen LogP contribution in [0.25, 0.3) is 0 Å². The Bertz CT molecular complexity index is 230. The largest absolute Gasteiger partial charge is 0.361 e. The molecule has 1 rings (SSSR count). The molecule has 10 heavy (non-hydrogen) atoms. The lowest BCUT2D eigenvalue weighted by atomic mass is 10.3. The summed E-state index contributed by atoms with van der Waals surface area (Å²) < 4.78 is 0. The first-order valence-corrected chi connectivity index (χ1v) is 3.12. The highest BCUT2D eigenvalue weighted by molar-refractivity contribution is 5.44. The van der Waals surface area contributed by atoms with Crippen molar-refractivity contribution in [1.29, 1.82) is 0 Å². The van der Waals surface area contributed by atoms with Crippen LogP contribution in [0.4, 0.5) is 5.69 Å². The minimum atomic E-state index is 0.981. The Morgan fingerprint density at radius 2 is 2.40 bits per heavy atom. The summed E-state index contributed by atoms with van der Waals surface area (Å²) in [5.74, 6) is 0. The minimum Gasteiger partial charge on any atom is -0.361 e. The van der Waals surface area contributed by atoms with Crippen LogP contribution in [0.15, 0.2) is 31.2 Å². The van der Waals surface area contributed by atoms with E-state index in [9.17, 15) is 0 Å². The van der Waals surface area contributed by atoms with Crippen LogP contribution in [-0.2, 0) is 0 Å². The maximum Gasteiger partial charge on any atom is 0.0568 e. The zero-order chi connectivity index (χ0) is 7.40. The van der Waals surface area contributed by atoms with Gasteiger partial charge >= 0.3 is 0 Å². The zero-order valence-corrected chi connectivity index (χ0v) is 5.96. The molecule has 0 unspecified atom stereocenters. The van der Waals surface area contributed by atoms with E-state index < -0.39 is 0 Å². The van der Waals surface area contributed by atoms with Gasteiger partial charge in [-0.3, -0.25) is 4.98 Å². The molecule has 0 spiro atoms. The topological polar surface area (TPSA) is 24.9 Å². The molecule has 2 nitrogen and oxygen atoms in total. The third-order valence-electron chi connectivity index (χ3n) is 1.14. The number of aryl methyl sites for hydroxylation is 1. The first-order valence-electron chi connectivity index (χ1n) is 3.12. The van der Waals surface area contributed by atoms with E-state index in [1.165, 1.54) is 0 Å². The lowest BCUT2D eigenvalue weighted by Crippen LogP contribution is -1.87. The smallest absolute Gasteiger partial charge is 0.0568 e. The van der Waals surface area contributed by atoms with Crippen LogP contribution in [0.1, 0.15) is 5.56 Å². The summed E-state index contributed by atoms with van der Waals surface area (Å²) in [5.41, 5.74) is 2.13. The Morgan fingerprint density at radius 1 is 1.60 bits per heavy atom. The molecule has 1 heterocycles. The fraction of sp³-hybridized carbons (Fsp3) is 0.125. The first-order chi connectivity index (χ1) is 4.83. The Hall–Kier alpha value is -1.31. The highest BCUT2D eigenvalue weighted by atomic mass is 14.9. The second-order valence-electron chi connectivity index (χ2n) is 2.10. The fourth-order valence-corrected chi connectivity index (χ4v) is 0.752. The van der Waals surface area contributed by atoms with Crippen LogP contribution in [-0.4, -0.2) is 4.98 Å². The molecule has 0 saturated heterocycles. The van der Waals surface area contributed by atoms with Crippen molar-refractivity contribution in [3.63, 3.8) is 0 Å². The van der Waals surface area contributed by atoms with Gasteiger partial charge < -0.3 is 5.32 Å². The van der Waals surface area contributed by atoms with Crippen molar-refractivity contribution >= 4 is 5.69 Å². The number of pyridine rings is 1. The zero-order valence-electron chi connectivity index (χ0n) is 5.96. The number of nitrogens with one attached hydrogen (secondary N) is 1. The van der Waals surface area contributed by atoms with E-state index in [-0.39, 0.29) is 0 Å². The van der Waals surface area contributed by atoms with Crippen molar-refractivity contribution in [2.24, 2.45) is 0 Å². The number of hydrogen-bond acceptors (Lipinski definition) is 2. The van der Waals surface area contributed by atoms with E-state index in [1.54, 1.807) is 12.4 Å². The van der Waals surface area contributed by atoms with E-state index in [4.69, 9.17) is 0 Å². The van der Waals surface area contributed by atoms with Crippen LogP contribution in [0.2, 0.25) is 0 Å². The van der Waals surface area contributed by atoms with Gasteiger partial charge in [-0.05, 0) is 24.8 Å². The van der Waals surface area contributed by atoms with Crippen molar-refractivity contribution in [3.8, 4) is 0 Å². The highest BCUT2D eigenvalue weighted by Gasteiger charge is 1.87. The van der Waals surface area contributed by atoms with Crippen molar-refractivity contribution in [2.75, 3.05) is 5.32 Å². The molecule has 0 aliphatic carbocycles. The molecule has 0 aliphatic rings. The Labute approximate surface area is 60.6 Å². The van der Waals surface area contributed by atoms with Crippen molar-refractivity contribution in [3.05, 3.63) is 36.8 Å². The highest BCUT2D eigenvalue weighted by Crippen LogP contribution is 2.05. The second kappa shape index (κ2) is 3.01. The summed E-state index contributed by atoms with van der Waals surface area (Å²) in [6.45, 7) is 5.55. The predicted octanol–water partition coefficient (Wildman–Crippen LogP) is 1.95. The summed E-state index contributed by atoms with van der Waals surface area (Å²) in [6, 6.07) is 2.01. The quantitative estimate of drug-likeness (QED) is 0.668. The third kappa shape index (κ3) is 1.58. The number of aromatic nitrogens is 1. The molecule has 1 N–H and O–H groups in total. The second-order valence-corrected chi connectivity index (χ2v) is 2.10. The van der Waals surface area contributed by atoms with E-state index in [1.807, 2.05) is 19.2 Å². The van der Waals surface area contributed by atoms with Crippen molar-refractivity contribution in [2.45, 2.75) is 6.92 Å². The van der Waals surface area contributed by atoms with Crippen molar-refractivity contribution in [1.82, 2.24) is 4.98 Å². The van der Waals surface area contributed by atoms with Crippen LogP contribution in [0.5, 0.6) is 0 Å². The Balaban J connectivity index is 2.84. The Kier molecular flexibility index (Phi) is 2.05. The van der Waals surface area contributed by atoms with Crippen LogP contribution in [0.3, 0.4) is 0 Å². The molecule has 0 aliphatic heterocycles. The van der Waals surface area contributed by atoms with E-state index in [0.717, 1.165) is 11.3 Å². The minimum absolute atomic E-state index is 0.981. The van der Waals surface area contributed by atoms with Gasteiger partial charge in [0.15, 0.2) is 0 Å². The monoisotopic (exact) mass is 134 g/mol. The van der Waals surface area contributed by atoms with Gasteiger partial charge in [-0.15, -0.1) is 0 Å². The SMILES string of the molecule is C=CNc1cncc(C)c1. The van der Waals surface area contributed by atoms with Crippen LogP contribution in [0, 0.1) is 6.92 Å². The summed E-state index contributed by atoms with van der Waals surface area (Å²) in [6.07, 6.45) is 5.21. The molecule has 52 valence electrons. The van der Waals surface area contributed by atoms with Gasteiger partial charge in [-0.2, -0.15) is 0 Å². The molecule has 1 aromatic heterocycles. The molecule has 0 amide bonds. The van der Waals surface area contributed by atoms with E-state index in [0.29, 0.717) is 0 Å². The van der Waals surface area contributed by atoms with Gasteiger partial charge in [0.05, 0.1) is 11.9 Å². The van der Waals surface area contributed by atoms with Gasteiger partial charge in [0.1, 0.15) is 0 Å². The molecule has 0 atom stereocenters. The average Bonchev–Trinajstić information content (AvgIpc) is 1.88. The molecule has 0 bridgehead atoms. The third-order valence-corrected chi connectivity index (χ3v) is 1.14. The molecule has 0 saturated carbocycles. The van der Waals surface area contributed by atoms with Gasteiger partial charge in [-0.1, -0.05) is 6.58 Å². The molecule has 0 aromatic carbocycles. The van der Waals surface area contributed by atoms with Crippen LogP contribution < -0.4 is 5.32 Å². The molecule has 2 heteroatoms. The molecule has 0 radical (unpaired) electrons. The summed E-state index contributed by atoms with van der Waals surface area (Å²) in [5, 5.41) is 2.95. The summed E-state index contributed by atoms with van der Waals surface area (Å²) in [7, 11) is 0. The lowest BCUT2D eigenvalue weighted by molar-refractivity contribution is 1.27. The van der Waals surface area contributed by atoms with Gasteiger partial charge in [0.25, 0.3) is 0 Å².